The van der Waals surface area contributed by atoms with Crippen molar-refractivity contribution in [3.05, 3.63) is 23.0 Å². The number of carbonyl (C=O) groups excluding carboxylic acids is 1. The van der Waals surface area contributed by atoms with Crippen molar-refractivity contribution in [3.63, 3.8) is 0 Å². The van der Waals surface area contributed by atoms with E-state index in [0.717, 1.165) is 30.7 Å². The predicted octanol–water partition coefficient (Wildman–Crippen LogP) is 1.49. The van der Waals surface area contributed by atoms with E-state index in [-0.39, 0.29) is 12.5 Å². The van der Waals surface area contributed by atoms with Crippen LogP contribution in [0.5, 0.6) is 0 Å². The van der Waals surface area contributed by atoms with Crippen molar-refractivity contribution < 1.29 is 9.90 Å². The highest BCUT2D eigenvalue weighted by Crippen LogP contribution is 2.30. The maximum absolute atomic E-state index is 12.3. The Kier molecular flexibility index (Phi) is 5.06. The van der Waals surface area contributed by atoms with Gasteiger partial charge in [-0.2, -0.15) is 10.2 Å². The minimum absolute atomic E-state index is 0.0801. The first-order valence-electron chi connectivity index (χ1n) is 7.38. The zero-order chi connectivity index (χ0) is 14.5. The highest BCUT2D eigenvalue weighted by atomic mass is 16.3. The normalized spacial score (nSPS) is 21.9. The highest BCUT2D eigenvalue weighted by molar-refractivity contribution is 5.95. The minimum Gasteiger partial charge on any atom is -0.396 e. The lowest BCUT2D eigenvalue weighted by Gasteiger charge is -2.18. The third-order valence-electron chi connectivity index (χ3n) is 4.15. The molecule has 0 saturated heterocycles. The van der Waals surface area contributed by atoms with Gasteiger partial charge >= 0.3 is 0 Å². The molecule has 1 saturated carbocycles. The quantitative estimate of drug-likeness (QED) is 0.855. The van der Waals surface area contributed by atoms with Gasteiger partial charge in [0.2, 0.25) is 0 Å². The van der Waals surface area contributed by atoms with Gasteiger partial charge in [-0.05, 0) is 44.1 Å². The Morgan fingerprint density at radius 3 is 2.85 bits per heavy atom. The van der Waals surface area contributed by atoms with Crippen LogP contribution in [-0.4, -0.2) is 34.4 Å². The molecule has 0 spiro atoms. The molecule has 0 bridgehead atoms. The van der Waals surface area contributed by atoms with E-state index in [9.17, 15) is 9.90 Å². The van der Waals surface area contributed by atoms with E-state index >= 15 is 0 Å². The monoisotopic (exact) mass is 277 g/mol. The summed E-state index contributed by atoms with van der Waals surface area (Å²) < 4.78 is 0. The standard InChI is InChI=1S/C15H23N3O2/c1-3-14-13(7-10(2)17-18-14)15(20)16-8-11-5-4-6-12(11)9-19/h7,11-12,19H,3-6,8-9H2,1-2H3,(H,16,20). The molecule has 5 nitrogen and oxygen atoms in total. The Balaban J connectivity index is 2.00. The smallest absolute Gasteiger partial charge is 0.253 e. The molecule has 1 aliphatic carbocycles. The molecular weight excluding hydrogens is 254 g/mol. The third kappa shape index (κ3) is 3.33. The average molecular weight is 277 g/mol. The summed E-state index contributed by atoms with van der Waals surface area (Å²) in [5.41, 5.74) is 2.11. The van der Waals surface area contributed by atoms with Crippen LogP contribution in [0.15, 0.2) is 6.07 Å². The number of amides is 1. The van der Waals surface area contributed by atoms with Gasteiger partial charge in [0.05, 0.1) is 17.0 Å². The van der Waals surface area contributed by atoms with Gasteiger partial charge in [0.25, 0.3) is 5.91 Å². The molecule has 2 rings (SSSR count). The molecule has 0 aromatic carbocycles. The number of aliphatic hydroxyl groups excluding tert-OH is 1. The van der Waals surface area contributed by atoms with Crippen LogP contribution in [0.2, 0.25) is 0 Å². The fourth-order valence-electron chi connectivity index (χ4n) is 2.91. The van der Waals surface area contributed by atoms with Crippen LogP contribution >= 0.6 is 0 Å². The van der Waals surface area contributed by atoms with Gasteiger partial charge in [-0.15, -0.1) is 0 Å². The lowest BCUT2D eigenvalue weighted by Crippen LogP contribution is -2.32. The van der Waals surface area contributed by atoms with Crippen LogP contribution < -0.4 is 5.32 Å². The van der Waals surface area contributed by atoms with Gasteiger partial charge < -0.3 is 10.4 Å². The molecule has 2 N–H and O–H groups in total. The predicted molar refractivity (Wildman–Crippen MR) is 76.4 cm³/mol. The molecule has 1 amide bonds. The van der Waals surface area contributed by atoms with Crippen LogP contribution in [0, 0.1) is 18.8 Å². The van der Waals surface area contributed by atoms with Crippen molar-refractivity contribution in [2.75, 3.05) is 13.2 Å². The van der Waals surface area contributed by atoms with Gasteiger partial charge in [0.15, 0.2) is 0 Å². The summed E-state index contributed by atoms with van der Waals surface area (Å²) in [5, 5.41) is 20.4. The summed E-state index contributed by atoms with van der Waals surface area (Å²) in [6.07, 6.45) is 3.98. The van der Waals surface area contributed by atoms with Crippen molar-refractivity contribution in [2.24, 2.45) is 11.8 Å². The molecule has 1 aliphatic rings. The summed E-state index contributed by atoms with van der Waals surface area (Å²) in [6.45, 7) is 4.65. The van der Waals surface area contributed by atoms with Gasteiger partial charge in [-0.1, -0.05) is 13.3 Å². The minimum atomic E-state index is -0.0801. The molecule has 5 heteroatoms. The Hall–Kier alpha value is -1.49. The third-order valence-corrected chi connectivity index (χ3v) is 4.15. The van der Waals surface area contributed by atoms with Gasteiger partial charge in [-0.3, -0.25) is 4.79 Å². The molecule has 1 aromatic heterocycles. The van der Waals surface area contributed by atoms with Crippen molar-refractivity contribution in [2.45, 2.75) is 39.5 Å². The maximum Gasteiger partial charge on any atom is 0.253 e. The summed E-state index contributed by atoms with van der Waals surface area (Å²) in [5.74, 6) is 0.645. The number of hydrogen-bond acceptors (Lipinski definition) is 4. The lowest BCUT2D eigenvalue weighted by molar-refractivity contribution is 0.0936. The van der Waals surface area contributed by atoms with E-state index in [1.807, 2.05) is 13.8 Å². The highest BCUT2D eigenvalue weighted by Gasteiger charge is 2.27. The molecule has 110 valence electrons. The van der Waals surface area contributed by atoms with Crippen LogP contribution in [-0.2, 0) is 6.42 Å². The first-order chi connectivity index (χ1) is 9.65. The van der Waals surface area contributed by atoms with E-state index < -0.39 is 0 Å². The van der Waals surface area contributed by atoms with Crippen LogP contribution in [0.1, 0.15) is 47.9 Å². The number of nitrogens with one attached hydrogen (secondary N) is 1. The van der Waals surface area contributed by atoms with Crippen LogP contribution in [0.4, 0.5) is 0 Å². The van der Waals surface area contributed by atoms with Gasteiger partial charge in [0.1, 0.15) is 0 Å². The van der Waals surface area contributed by atoms with E-state index in [2.05, 4.69) is 15.5 Å². The molecule has 0 radical (unpaired) electrons. The Morgan fingerprint density at radius 2 is 2.15 bits per heavy atom. The molecule has 1 heterocycles. The molecular formula is C15H23N3O2. The number of aromatic nitrogens is 2. The lowest BCUT2D eigenvalue weighted by atomic mass is 9.97. The van der Waals surface area contributed by atoms with Crippen LogP contribution in [0.25, 0.3) is 0 Å². The van der Waals surface area contributed by atoms with E-state index in [4.69, 9.17) is 0 Å². The number of hydrogen-bond donors (Lipinski definition) is 2. The number of rotatable bonds is 5. The number of aryl methyl sites for hydroxylation is 2. The number of nitrogens with zero attached hydrogens (tertiary/aromatic N) is 2. The molecule has 1 aromatic rings. The molecule has 20 heavy (non-hydrogen) atoms. The second-order valence-corrected chi connectivity index (χ2v) is 5.54. The number of carbonyl (C=O) groups is 1. The first-order valence-corrected chi connectivity index (χ1v) is 7.38. The Labute approximate surface area is 119 Å². The largest absolute Gasteiger partial charge is 0.396 e. The van der Waals surface area contributed by atoms with Crippen molar-refractivity contribution in [3.8, 4) is 0 Å². The second kappa shape index (κ2) is 6.79. The topological polar surface area (TPSA) is 75.1 Å². The van der Waals surface area contributed by atoms with Crippen molar-refractivity contribution >= 4 is 5.91 Å². The second-order valence-electron chi connectivity index (χ2n) is 5.54. The Morgan fingerprint density at radius 1 is 1.40 bits per heavy atom. The fraction of sp³-hybridized carbons (Fsp3) is 0.667. The zero-order valence-corrected chi connectivity index (χ0v) is 12.2. The van der Waals surface area contributed by atoms with E-state index in [0.29, 0.717) is 30.4 Å². The van der Waals surface area contributed by atoms with Crippen LogP contribution in [0.3, 0.4) is 0 Å². The van der Waals surface area contributed by atoms with Gasteiger partial charge in [0, 0.05) is 13.2 Å². The molecule has 2 atom stereocenters. The molecule has 0 aliphatic heterocycles. The van der Waals surface area contributed by atoms with E-state index in [1.54, 1.807) is 6.07 Å². The SMILES string of the molecule is CCc1nnc(C)cc1C(=O)NCC1CCCC1CO. The van der Waals surface area contributed by atoms with Crippen molar-refractivity contribution in [1.82, 2.24) is 15.5 Å². The maximum atomic E-state index is 12.3. The zero-order valence-electron chi connectivity index (χ0n) is 12.2. The fourth-order valence-corrected chi connectivity index (χ4v) is 2.91. The first kappa shape index (κ1) is 14.9. The average Bonchev–Trinajstić information content (AvgIpc) is 2.92. The summed E-state index contributed by atoms with van der Waals surface area (Å²) >= 11 is 0. The molecule has 1 fully saturated rings. The summed E-state index contributed by atoms with van der Waals surface area (Å²) in [6, 6.07) is 1.79. The molecule has 2 unspecified atom stereocenters. The van der Waals surface area contributed by atoms with E-state index in [1.165, 1.54) is 0 Å². The summed E-state index contributed by atoms with van der Waals surface area (Å²) in [4.78, 5) is 12.3. The number of aliphatic hydroxyl groups is 1. The van der Waals surface area contributed by atoms with Crippen molar-refractivity contribution in [1.29, 1.82) is 0 Å². The van der Waals surface area contributed by atoms with Gasteiger partial charge in [-0.25, -0.2) is 0 Å². The Bertz CT molecular complexity index is 476. The summed E-state index contributed by atoms with van der Waals surface area (Å²) in [7, 11) is 0.